The molecule has 2 fully saturated rings. The van der Waals surface area contributed by atoms with Crippen molar-refractivity contribution in [3.05, 3.63) is 18.1 Å². The molecule has 1 aliphatic heterocycles. The maximum atomic E-state index is 4.71. The summed E-state index contributed by atoms with van der Waals surface area (Å²) in [6, 6.07) is 2.07. The highest BCUT2D eigenvalue weighted by atomic mass is 15.2. The van der Waals surface area contributed by atoms with Gasteiger partial charge in [-0.05, 0) is 31.7 Å². The lowest BCUT2D eigenvalue weighted by Gasteiger charge is -2.21. The number of aromatic nitrogens is 2. The molecule has 1 saturated heterocycles. The molecule has 0 radical (unpaired) electrons. The first-order valence-corrected chi connectivity index (χ1v) is 6.51. The molecular weight excluding hydrogens is 198 g/mol. The van der Waals surface area contributed by atoms with Gasteiger partial charge in [-0.1, -0.05) is 12.8 Å². The van der Waals surface area contributed by atoms with Crippen LogP contribution < -0.4 is 4.90 Å². The Kier molecular flexibility index (Phi) is 2.77. The molecule has 1 saturated carbocycles. The van der Waals surface area contributed by atoms with Crippen molar-refractivity contribution in [3.8, 4) is 0 Å². The van der Waals surface area contributed by atoms with Crippen LogP contribution >= 0.6 is 0 Å². The van der Waals surface area contributed by atoms with Crippen molar-refractivity contribution >= 4 is 5.82 Å². The van der Waals surface area contributed by atoms with Gasteiger partial charge in [0, 0.05) is 25.2 Å². The summed E-state index contributed by atoms with van der Waals surface area (Å²) in [7, 11) is 0. The van der Waals surface area contributed by atoms with E-state index < -0.39 is 0 Å². The summed E-state index contributed by atoms with van der Waals surface area (Å²) in [4.78, 5) is 11.5. The Hall–Kier alpha value is -1.12. The molecule has 0 bridgehead atoms. The van der Waals surface area contributed by atoms with Gasteiger partial charge in [0.2, 0.25) is 0 Å². The van der Waals surface area contributed by atoms with E-state index in [0.29, 0.717) is 5.92 Å². The van der Waals surface area contributed by atoms with Gasteiger partial charge in [-0.2, -0.15) is 0 Å². The highest BCUT2D eigenvalue weighted by Gasteiger charge is 2.27. The lowest BCUT2D eigenvalue weighted by molar-refractivity contribution is 0.726. The minimum absolute atomic E-state index is 0.659. The van der Waals surface area contributed by atoms with E-state index in [9.17, 15) is 0 Å². The van der Waals surface area contributed by atoms with Crippen LogP contribution in [-0.2, 0) is 0 Å². The Balaban J connectivity index is 1.78. The van der Waals surface area contributed by atoms with Crippen LogP contribution in [0.15, 0.2) is 12.3 Å². The molecule has 0 N–H and O–H groups in total. The lowest BCUT2D eigenvalue weighted by Crippen LogP contribution is -2.25. The Morgan fingerprint density at radius 2 is 1.81 bits per heavy atom. The molecule has 3 heteroatoms. The molecule has 0 unspecified atom stereocenters. The van der Waals surface area contributed by atoms with E-state index in [-0.39, 0.29) is 0 Å². The first-order chi connectivity index (χ1) is 7.93. The molecule has 3 nitrogen and oxygen atoms in total. The third-order valence-electron chi connectivity index (χ3n) is 3.53. The van der Waals surface area contributed by atoms with Crippen LogP contribution in [0.4, 0.5) is 5.82 Å². The SMILES string of the molecule is c1cc(N2CCCCCC2)nc(C2CC2)n1. The highest BCUT2D eigenvalue weighted by molar-refractivity contribution is 5.38. The fourth-order valence-electron chi connectivity index (χ4n) is 2.38. The monoisotopic (exact) mass is 217 g/mol. The van der Waals surface area contributed by atoms with Crippen molar-refractivity contribution in [2.24, 2.45) is 0 Å². The van der Waals surface area contributed by atoms with E-state index in [2.05, 4.69) is 16.0 Å². The van der Waals surface area contributed by atoms with Crippen molar-refractivity contribution in [1.82, 2.24) is 9.97 Å². The summed E-state index contributed by atoms with van der Waals surface area (Å²) in [5, 5.41) is 0. The van der Waals surface area contributed by atoms with Crippen LogP contribution in [0.3, 0.4) is 0 Å². The van der Waals surface area contributed by atoms with Gasteiger partial charge in [-0.15, -0.1) is 0 Å². The largest absolute Gasteiger partial charge is 0.357 e. The Morgan fingerprint density at radius 1 is 1.06 bits per heavy atom. The van der Waals surface area contributed by atoms with Gasteiger partial charge in [-0.3, -0.25) is 0 Å². The molecule has 2 aliphatic rings. The van der Waals surface area contributed by atoms with Crippen molar-refractivity contribution in [1.29, 1.82) is 0 Å². The molecule has 0 spiro atoms. The summed E-state index contributed by atoms with van der Waals surface area (Å²) in [5.41, 5.74) is 0. The highest BCUT2D eigenvalue weighted by Crippen LogP contribution is 2.38. The number of hydrogen-bond acceptors (Lipinski definition) is 3. The zero-order valence-corrected chi connectivity index (χ0v) is 9.73. The van der Waals surface area contributed by atoms with Crippen LogP contribution in [-0.4, -0.2) is 23.1 Å². The van der Waals surface area contributed by atoms with Crippen molar-refractivity contribution in [2.45, 2.75) is 44.4 Å². The molecule has 16 heavy (non-hydrogen) atoms. The van der Waals surface area contributed by atoms with Gasteiger partial charge in [0.15, 0.2) is 0 Å². The number of anilines is 1. The maximum Gasteiger partial charge on any atom is 0.133 e. The zero-order chi connectivity index (χ0) is 10.8. The second-order valence-electron chi connectivity index (χ2n) is 4.95. The third kappa shape index (κ3) is 2.18. The quantitative estimate of drug-likeness (QED) is 0.762. The van der Waals surface area contributed by atoms with Gasteiger partial charge < -0.3 is 4.90 Å². The number of hydrogen-bond donors (Lipinski definition) is 0. The van der Waals surface area contributed by atoms with Crippen molar-refractivity contribution < 1.29 is 0 Å². The minimum Gasteiger partial charge on any atom is -0.357 e. The second kappa shape index (κ2) is 4.40. The van der Waals surface area contributed by atoms with Gasteiger partial charge in [0.05, 0.1) is 0 Å². The first-order valence-electron chi connectivity index (χ1n) is 6.51. The van der Waals surface area contributed by atoms with Gasteiger partial charge in [0.25, 0.3) is 0 Å². The molecule has 0 aromatic carbocycles. The molecule has 1 aliphatic carbocycles. The Bertz CT molecular complexity index is 352. The van der Waals surface area contributed by atoms with Crippen molar-refractivity contribution in [2.75, 3.05) is 18.0 Å². The predicted molar refractivity (Wildman–Crippen MR) is 64.7 cm³/mol. The van der Waals surface area contributed by atoms with E-state index in [1.54, 1.807) is 0 Å². The van der Waals surface area contributed by atoms with E-state index in [4.69, 9.17) is 4.98 Å². The summed E-state index contributed by atoms with van der Waals surface area (Å²) in [6.45, 7) is 2.34. The van der Waals surface area contributed by atoms with Gasteiger partial charge in [-0.25, -0.2) is 9.97 Å². The van der Waals surface area contributed by atoms with E-state index in [0.717, 1.165) is 11.6 Å². The summed E-state index contributed by atoms with van der Waals surface area (Å²) < 4.78 is 0. The lowest BCUT2D eigenvalue weighted by atomic mass is 10.2. The topological polar surface area (TPSA) is 29.0 Å². The summed E-state index contributed by atoms with van der Waals surface area (Å²) in [6.07, 6.45) is 9.85. The molecule has 86 valence electrons. The zero-order valence-electron chi connectivity index (χ0n) is 9.73. The van der Waals surface area contributed by atoms with Crippen LogP contribution in [0.1, 0.15) is 50.3 Å². The third-order valence-corrected chi connectivity index (χ3v) is 3.53. The molecule has 1 aromatic heterocycles. The standard InChI is InChI=1S/C13H19N3/c1-2-4-10-16(9-3-1)12-7-8-14-13(15-12)11-5-6-11/h7-8,11H,1-6,9-10H2. The Labute approximate surface area is 96.9 Å². The molecular formula is C13H19N3. The van der Waals surface area contributed by atoms with Crippen LogP contribution in [0.25, 0.3) is 0 Å². The predicted octanol–water partition coefficient (Wildman–Crippen LogP) is 2.73. The fourth-order valence-corrected chi connectivity index (χ4v) is 2.38. The number of rotatable bonds is 2. The summed E-state index contributed by atoms with van der Waals surface area (Å²) in [5.74, 6) is 2.88. The van der Waals surface area contributed by atoms with Gasteiger partial charge >= 0.3 is 0 Å². The average molecular weight is 217 g/mol. The molecule has 3 rings (SSSR count). The molecule has 2 heterocycles. The van der Waals surface area contributed by atoms with Gasteiger partial charge in [0.1, 0.15) is 11.6 Å². The number of nitrogens with zero attached hydrogens (tertiary/aromatic N) is 3. The average Bonchev–Trinajstić information content (AvgIpc) is 3.17. The molecule has 0 amide bonds. The molecule has 1 aromatic rings. The van der Waals surface area contributed by atoms with E-state index in [1.807, 2.05) is 6.20 Å². The van der Waals surface area contributed by atoms with E-state index in [1.165, 1.54) is 51.6 Å². The fraction of sp³-hybridized carbons (Fsp3) is 0.692. The molecule has 0 atom stereocenters. The maximum absolute atomic E-state index is 4.71. The van der Waals surface area contributed by atoms with Crippen LogP contribution in [0.2, 0.25) is 0 Å². The second-order valence-corrected chi connectivity index (χ2v) is 4.95. The van der Waals surface area contributed by atoms with Crippen LogP contribution in [0.5, 0.6) is 0 Å². The Morgan fingerprint density at radius 3 is 2.50 bits per heavy atom. The van der Waals surface area contributed by atoms with E-state index >= 15 is 0 Å². The normalized spacial score (nSPS) is 21.9. The first kappa shape index (κ1) is 10.1. The van der Waals surface area contributed by atoms with Crippen molar-refractivity contribution in [3.63, 3.8) is 0 Å². The minimum atomic E-state index is 0.659. The summed E-state index contributed by atoms with van der Waals surface area (Å²) >= 11 is 0. The van der Waals surface area contributed by atoms with Crippen LogP contribution in [0, 0.1) is 0 Å². The smallest absolute Gasteiger partial charge is 0.133 e.